The molecule has 180 valence electrons. The van der Waals surface area contributed by atoms with E-state index in [2.05, 4.69) is 24.0 Å². The van der Waals surface area contributed by atoms with Crippen LogP contribution in [-0.4, -0.2) is 45.9 Å². The van der Waals surface area contributed by atoms with Crippen LogP contribution in [0.1, 0.15) is 72.4 Å². The average molecular weight is 464 g/mol. The fraction of sp³-hybridized carbons (Fsp3) is 0.407. The standard InChI is InChI=1S/C27H33N3O4/c1-6-11-30-25(18-9-10-20(34-12-7-2)21(15-18)33-8-3)22-23(28-29-24(22)27(30)32)19-14-16(4)13-17(5)26(19)31/h9-10,13-15,25,31H,6-8,11-12H2,1-5H3,(H,28,29). The van der Waals surface area contributed by atoms with Crippen LogP contribution in [0.3, 0.4) is 0 Å². The van der Waals surface area contributed by atoms with E-state index >= 15 is 0 Å². The fourth-order valence-corrected chi connectivity index (χ4v) is 4.65. The lowest BCUT2D eigenvalue weighted by molar-refractivity contribution is 0.0743. The summed E-state index contributed by atoms with van der Waals surface area (Å²) in [4.78, 5) is 15.3. The number of phenols is 1. The van der Waals surface area contributed by atoms with Crippen LogP contribution in [0.15, 0.2) is 30.3 Å². The number of H-pyrrole nitrogens is 1. The van der Waals surface area contributed by atoms with Gasteiger partial charge in [-0.2, -0.15) is 5.10 Å². The van der Waals surface area contributed by atoms with Crippen molar-refractivity contribution in [1.29, 1.82) is 0 Å². The molecule has 1 amide bonds. The number of rotatable bonds is 9. The van der Waals surface area contributed by atoms with Crippen molar-refractivity contribution in [3.8, 4) is 28.5 Å². The minimum absolute atomic E-state index is 0.0891. The molecule has 1 atom stereocenters. The number of aromatic hydroxyl groups is 1. The monoisotopic (exact) mass is 463 g/mol. The molecule has 3 aromatic rings. The Morgan fingerprint density at radius 3 is 2.56 bits per heavy atom. The third-order valence-electron chi connectivity index (χ3n) is 6.07. The number of nitrogens with zero attached hydrogens (tertiary/aromatic N) is 2. The summed E-state index contributed by atoms with van der Waals surface area (Å²) >= 11 is 0. The number of fused-ring (bicyclic) bond motifs is 1. The van der Waals surface area contributed by atoms with Gasteiger partial charge < -0.3 is 19.5 Å². The van der Waals surface area contributed by atoms with Crippen LogP contribution < -0.4 is 9.47 Å². The van der Waals surface area contributed by atoms with Crippen molar-refractivity contribution in [2.24, 2.45) is 0 Å². The highest BCUT2D eigenvalue weighted by molar-refractivity contribution is 6.00. The van der Waals surface area contributed by atoms with Gasteiger partial charge in [-0.3, -0.25) is 9.89 Å². The summed E-state index contributed by atoms with van der Waals surface area (Å²) in [5.41, 5.74) is 5.18. The number of hydrogen-bond donors (Lipinski definition) is 2. The molecule has 0 fully saturated rings. The predicted octanol–water partition coefficient (Wildman–Crippen LogP) is 5.54. The molecule has 0 saturated carbocycles. The second kappa shape index (κ2) is 9.79. The van der Waals surface area contributed by atoms with Crippen molar-refractivity contribution in [3.05, 3.63) is 58.3 Å². The highest BCUT2D eigenvalue weighted by Crippen LogP contribution is 2.46. The molecule has 0 radical (unpaired) electrons. The predicted molar refractivity (Wildman–Crippen MR) is 132 cm³/mol. The largest absolute Gasteiger partial charge is 0.507 e. The zero-order valence-corrected chi connectivity index (χ0v) is 20.6. The van der Waals surface area contributed by atoms with Gasteiger partial charge in [-0.05, 0) is 68.5 Å². The van der Waals surface area contributed by atoms with E-state index in [0.717, 1.165) is 35.1 Å². The molecule has 2 N–H and O–H groups in total. The molecule has 1 aliphatic heterocycles. The highest BCUT2D eigenvalue weighted by Gasteiger charge is 2.42. The Morgan fingerprint density at radius 1 is 1.06 bits per heavy atom. The van der Waals surface area contributed by atoms with Gasteiger partial charge in [0.05, 0.1) is 19.3 Å². The van der Waals surface area contributed by atoms with Crippen molar-refractivity contribution >= 4 is 5.91 Å². The number of ether oxygens (including phenoxy) is 2. The van der Waals surface area contributed by atoms with E-state index in [-0.39, 0.29) is 17.7 Å². The van der Waals surface area contributed by atoms with Crippen molar-refractivity contribution < 1.29 is 19.4 Å². The number of aromatic nitrogens is 2. The highest BCUT2D eigenvalue weighted by atomic mass is 16.5. The lowest BCUT2D eigenvalue weighted by Gasteiger charge is -2.27. The SMILES string of the molecule is CCCOc1ccc(C2c3c(-c4cc(C)cc(C)c4O)n[nH]c3C(=O)N2CCC)cc1OCC. The summed E-state index contributed by atoms with van der Waals surface area (Å²) in [7, 11) is 0. The molecular formula is C27H33N3O4. The summed E-state index contributed by atoms with van der Waals surface area (Å²) in [6.07, 6.45) is 1.72. The Kier molecular flexibility index (Phi) is 6.82. The molecule has 2 aromatic carbocycles. The van der Waals surface area contributed by atoms with E-state index in [1.165, 1.54) is 0 Å². The first-order valence-electron chi connectivity index (χ1n) is 12.0. The number of aromatic amines is 1. The number of nitrogens with one attached hydrogen (secondary N) is 1. The summed E-state index contributed by atoms with van der Waals surface area (Å²) in [6, 6.07) is 9.35. The molecule has 34 heavy (non-hydrogen) atoms. The molecule has 1 aliphatic rings. The normalized spacial score (nSPS) is 15.0. The van der Waals surface area contributed by atoms with Crippen LogP contribution in [-0.2, 0) is 0 Å². The van der Waals surface area contributed by atoms with Gasteiger partial charge in [0.1, 0.15) is 17.1 Å². The second-order valence-corrected chi connectivity index (χ2v) is 8.73. The van der Waals surface area contributed by atoms with Crippen LogP contribution >= 0.6 is 0 Å². The average Bonchev–Trinajstić information content (AvgIpc) is 3.35. The number of hydrogen-bond acceptors (Lipinski definition) is 5. The quantitative estimate of drug-likeness (QED) is 0.435. The van der Waals surface area contributed by atoms with Gasteiger partial charge in [0.15, 0.2) is 11.5 Å². The molecule has 0 saturated heterocycles. The second-order valence-electron chi connectivity index (χ2n) is 8.73. The van der Waals surface area contributed by atoms with Crippen molar-refractivity contribution in [1.82, 2.24) is 15.1 Å². The Morgan fingerprint density at radius 2 is 1.85 bits per heavy atom. The molecule has 7 nitrogen and oxygen atoms in total. The van der Waals surface area contributed by atoms with Crippen molar-refractivity contribution in [2.45, 2.75) is 53.5 Å². The van der Waals surface area contributed by atoms with Crippen LogP contribution in [0.2, 0.25) is 0 Å². The number of carbonyl (C=O) groups excluding carboxylic acids is 1. The van der Waals surface area contributed by atoms with Crippen LogP contribution in [0.4, 0.5) is 0 Å². The number of benzene rings is 2. The van der Waals surface area contributed by atoms with E-state index in [1.54, 1.807) is 0 Å². The third kappa shape index (κ3) is 4.11. The van der Waals surface area contributed by atoms with Gasteiger partial charge in [-0.1, -0.05) is 26.0 Å². The molecule has 4 rings (SSSR count). The molecule has 1 aromatic heterocycles. The summed E-state index contributed by atoms with van der Waals surface area (Å²) in [5.74, 6) is 1.44. The molecule has 0 bridgehead atoms. The van der Waals surface area contributed by atoms with E-state index in [9.17, 15) is 9.90 Å². The summed E-state index contributed by atoms with van der Waals surface area (Å²) in [6.45, 7) is 11.6. The maximum absolute atomic E-state index is 13.4. The fourth-order valence-electron chi connectivity index (χ4n) is 4.65. The van der Waals surface area contributed by atoms with E-state index in [0.29, 0.717) is 48.2 Å². The molecule has 1 unspecified atom stereocenters. The number of phenolic OH excluding ortho intramolecular Hbond substituents is 1. The van der Waals surface area contributed by atoms with Crippen LogP contribution in [0, 0.1) is 13.8 Å². The van der Waals surface area contributed by atoms with E-state index in [1.807, 2.05) is 56.0 Å². The topological polar surface area (TPSA) is 87.7 Å². The molecule has 0 aliphatic carbocycles. The van der Waals surface area contributed by atoms with E-state index < -0.39 is 0 Å². The number of carbonyl (C=O) groups is 1. The number of aryl methyl sites for hydroxylation is 2. The van der Waals surface area contributed by atoms with Gasteiger partial charge >= 0.3 is 0 Å². The molecule has 2 heterocycles. The first-order chi connectivity index (χ1) is 16.4. The van der Waals surface area contributed by atoms with Gasteiger partial charge in [-0.25, -0.2) is 0 Å². The van der Waals surface area contributed by atoms with Gasteiger partial charge in [0.2, 0.25) is 0 Å². The van der Waals surface area contributed by atoms with Crippen molar-refractivity contribution in [2.75, 3.05) is 19.8 Å². The Bertz CT molecular complexity index is 1200. The van der Waals surface area contributed by atoms with Crippen LogP contribution in [0.25, 0.3) is 11.3 Å². The third-order valence-corrected chi connectivity index (χ3v) is 6.07. The Labute approximate surface area is 200 Å². The minimum atomic E-state index is -0.351. The summed E-state index contributed by atoms with van der Waals surface area (Å²) in [5, 5.41) is 18.3. The lowest BCUT2D eigenvalue weighted by atomic mass is 9.94. The van der Waals surface area contributed by atoms with Crippen LogP contribution in [0.5, 0.6) is 17.2 Å². The smallest absolute Gasteiger partial charge is 0.273 e. The lowest BCUT2D eigenvalue weighted by Crippen LogP contribution is -2.30. The Balaban J connectivity index is 1.88. The van der Waals surface area contributed by atoms with Gasteiger partial charge in [0.25, 0.3) is 5.91 Å². The summed E-state index contributed by atoms with van der Waals surface area (Å²) < 4.78 is 11.8. The minimum Gasteiger partial charge on any atom is -0.507 e. The first-order valence-corrected chi connectivity index (χ1v) is 12.0. The zero-order valence-electron chi connectivity index (χ0n) is 20.6. The number of amides is 1. The maximum atomic E-state index is 13.4. The maximum Gasteiger partial charge on any atom is 0.273 e. The van der Waals surface area contributed by atoms with Gasteiger partial charge in [-0.15, -0.1) is 0 Å². The Hall–Kier alpha value is -3.48. The molecule has 0 spiro atoms. The first kappa shape index (κ1) is 23.7. The zero-order chi connectivity index (χ0) is 24.4. The molecular weight excluding hydrogens is 430 g/mol. The molecule has 7 heteroatoms. The van der Waals surface area contributed by atoms with E-state index in [4.69, 9.17) is 9.47 Å². The van der Waals surface area contributed by atoms with Gasteiger partial charge in [0, 0.05) is 17.7 Å². The van der Waals surface area contributed by atoms with Crippen molar-refractivity contribution in [3.63, 3.8) is 0 Å².